The minimum absolute atomic E-state index is 1.11. The van der Waals surface area contributed by atoms with Crippen molar-refractivity contribution in [1.29, 1.82) is 0 Å². The lowest BCUT2D eigenvalue weighted by molar-refractivity contribution is 0.929. The molecule has 0 heterocycles. The largest absolute Gasteiger partial charge is 0.0958 e. The summed E-state index contributed by atoms with van der Waals surface area (Å²) in [5.74, 6) is 0. The minimum atomic E-state index is 1.11. The first kappa shape index (κ1) is 12.2. The van der Waals surface area contributed by atoms with Crippen molar-refractivity contribution in [2.45, 2.75) is 46.5 Å². The highest BCUT2D eigenvalue weighted by Gasteiger charge is 1.86. The van der Waals surface area contributed by atoms with Crippen LogP contribution in [0, 0.1) is 0 Å². The number of rotatable bonds is 6. The zero-order valence-electron chi connectivity index (χ0n) is 9.27. The van der Waals surface area contributed by atoms with Gasteiger partial charge in [0.05, 0.1) is 0 Å². The van der Waals surface area contributed by atoms with Gasteiger partial charge in [-0.25, -0.2) is 0 Å². The van der Waals surface area contributed by atoms with E-state index in [1.165, 1.54) is 30.4 Å². The molecular formula is C13H22. The molecule has 0 bridgehead atoms. The fourth-order valence-electron chi connectivity index (χ4n) is 1.09. The lowest BCUT2D eigenvalue weighted by Crippen LogP contribution is -1.75. The van der Waals surface area contributed by atoms with Crippen molar-refractivity contribution in [3.05, 3.63) is 36.0 Å². The Labute approximate surface area is 83.0 Å². The Morgan fingerprint density at radius 2 is 1.85 bits per heavy atom. The molecule has 0 amide bonds. The van der Waals surface area contributed by atoms with Crippen LogP contribution in [-0.2, 0) is 0 Å². The SMILES string of the molecule is C=C(/C=C\C(C)=C/CCC)CCC. The topological polar surface area (TPSA) is 0 Å². The van der Waals surface area contributed by atoms with Gasteiger partial charge < -0.3 is 0 Å². The van der Waals surface area contributed by atoms with E-state index in [0.29, 0.717) is 0 Å². The van der Waals surface area contributed by atoms with Crippen molar-refractivity contribution >= 4 is 0 Å². The summed E-state index contributed by atoms with van der Waals surface area (Å²) in [7, 11) is 0. The first-order valence-electron chi connectivity index (χ1n) is 5.23. The standard InChI is InChI=1S/C13H22/c1-5-7-9-13(4)11-10-12(3)8-6-2/h9-11H,3,5-8H2,1-2,4H3/b11-10-,13-9-. The summed E-state index contributed by atoms with van der Waals surface area (Å²) in [4.78, 5) is 0. The molecule has 0 radical (unpaired) electrons. The van der Waals surface area contributed by atoms with Gasteiger partial charge in [-0.05, 0) is 19.8 Å². The van der Waals surface area contributed by atoms with Gasteiger partial charge in [-0.1, -0.05) is 62.6 Å². The second kappa shape index (κ2) is 7.85. The number of allylic oxidation sites excluding steroid dienone is 5. The first-order chi connectivity index (χ1) is 6.20. The maximum Gasteiger partial charge on any atom is -0.0287 e. The van der Waals surface area contributed by atoms with E-state index in [4.69, 9.17) is 0 Å². The van der Waals surface area contributed by atoms with Crippen LogP contribution in [0.2, 0.25) is 0 Å². The van der Waals surface area contributed by atoms with E-state index >= 15 is 0 Å². The maximum atomic E-state index is 3.98. The highest BCUT2D eigenvalue weighted by atomic mass is 13.9. The molecule has 0 atom stereocenters. The number of unbranched alkanes of at least 4 members (excludes halogenated alkanes) is 1. The van der Waals surface area contributed by atoms with Crippen molar-refractivity contribution in [2.24, 2.45) is 0 Å². The summed E-state index contributed by atoms with van der Waals surface area (Å²) >= 11 is 0. The van der Waals surface area contributed by atoms with Gasteiger partial charge in [-0.3, -0.25) is 0 Å². The highest BCUT2D eigenvalue weighted by molar-refractivity contribution is 5.24. The molecule has 0 aromatic heterocycles. The van der Waals surface area contributed by atoms with Crippen LogP contribution in [0.1, 0.15) is 46.5 Å². The average Bonchev–Trinajstić information content (AvgIpc) is 2.12. The summed E-state index contributed by atoms with van der Waals surface area (Å²) in [5, 5.41) is 0. The van der Waals surface area contributed by atoms with E-state index in [9.17, 15) is 0 Å². The zero-order chi connectivity index (χ0) is 10.1. The van der Waals surface area contributed by atoms with Crippen LogP contribution in [0.25, 0.3) is 0 Å². The van der Waals surface area contributed by atoms with Crippen LogP contribution in [0.3, 0.4) is 0 Å². The summed E-state index contributed by atoms with van der Waals surface area (Å²) < 4.78 is 0. The Morgan fingerprint density at radius 1 is 1.15 bits per heavy atom. The molecule has 0 unspecified atom stereocenters. The van der Waals surface area contributed by atoms with Crippen molar-refractivity contribution in [3.63, 3.8) is 0 Å². The highest BCUT2D eigenvalue weighted by Crippen LogP contribution is 2.06. The first-order valence-corrected chi connectivity index (χ1v) is 5.23. The molecule has 0 N–H and O–H groups in total. The lowest BCUT2D eigenvalue weighted by atomic mass is 10.1. The molecule has 0 aromatic carbocycles. The van der Waals surface area contributed by atoms with Gasteiger partial charge >= 0.3 is 0 Å². The number of hydrogen-bond donors (Lipinski definition) is 0. The zero-order valence-corrected chi connectivity index (χ0v) is 9.27. The molecule has 13 heavy (non-hydrogen) atoms. The van der Waals surface area contributed by atoms with Crippen molar-refractivity contribution in [3.8, 4) is 0 Å². The predicted octanol–water partition coefficient (Wildman–Crippen LogP) is 4.65. The fraction of sp³-hybridized carbons (Fsp3) is 0.538. The lowest BCUT2D eigenvalue weighted by Gasteiger charge is -1.95. The Hall–Kier alpha value is -0.780. The maximum absolute atomic E-state index is 3.98. The monoisotopic (exact) mass is 178 g/mol. The van der Waals surface area contributed by atoms with Crippen molar-refractivity contribution in [2.75, 3.05) is 0 Å². The molecular weight excluding hydrogens is 156 g/mol. The molecule has 0 fully saturated rings. The van der Waals surface area contributed by atoms with Gasteiger partial charge in [-0.2, -0.15) is 0 Å². The van der Waals surface area contributed by atoms with Gasteiger partial charge in [0.1, 0.15) is 0 Å². The van der Waals surface area contributed by atoms with E-state index in [-0.39, 0.29) is 0 Å². The van der Waals surface area contributed by atoms with E-state index in [1.807, 2.05) is 0 Å². The van der Waals surface area contributed by atoms with E-state index in [2.05, 4.69) is 45.6 Å². The molecule has 0 heteroatoms. The Bertz CT molecular complexity index is 194. The van der Waals surface area contributed by atoms with Gasteiger partial charge in [0.25, 0.3) is 0 Å². The van der Waals surface area contributed by atoms with Gasteiger partial charge in [-0.15, -0.1) is 0 Å². The molecule has 0 aromatic rings. The van der Waals surface area contributed by atoms with Crippen LogP contribution in [0.4, 0.5) is 0 Å². The third kappa shape index (κ3) is 7.58. The fourth-order valence-corrected chi connectivity index (χ4v) is 1.09. The second-order valence-corrected chi connectivity index (χ2v) is 3.48. The van der Waals surface area contributed by atoms with Crippen molar-refractivity contribution in [1.82, 2.24) is 0 Å². The molecule has 0 spiro atoms. The predicted molar refractivity (Wildman–Crippen MR) is 61.9 cm³/mol. The summed E-state index contributed by atoms with van der Waals surface area (Å²) in [5.41, 5.74) is 2.57. The molecule has 74 valence electrons. The smallest absolute Gasteiger partial charge is 0.0287 e. The van der Waals surface area contributed by atoms with Gasteiger partial charge in [0.2, 0.25) is 0 Å². The van der Waals surface area contributed by atoms with Crippen LogP contribution >= 0.6 is 0 Å². The molecule has 0 aliphatic carbocycles. The minimum Gasteiger partial charge on any atom is -0.0958 e. The van der Waals surface area contributed by atoms with Crippen LogP contribution in [0.5, 0.6) is 0 Å². The summed E-state index contributed by atoms with van der Waals surface area (Å²) in [6, 6.07) is 0. The Morgan fingerprint density at radius 3 is 2.38 bits per heavy atom. The molecule has 0 aliphatic heterocycles. The number of hydrogen-bond acceptors (Lipinski definition) is 0. The van der Waals surface area contributed by atoms with Crippen LogP contribution in [-0.4, -0.2) is 0 Å². The third-order valence-corrected chi connectivity index (χ3v) is 1.91. The third-order valence-electron chi connectivity index (χ3n) is 1.91. The molecule has 0 saturated heterocycles. The van der Waals surface area contributed by atoms with Crippen molar-refractivity contribution < 1.29 is 0 Å². The van der Waals surface area contributed by atoms with Crippen LogP contribution in [0.15, 0.2) is 36.0 Å². The molecule has 0 rings (SSSR count). The normalized spacial score (nSPS) is 12.4. The molecule has 0 saturated carbocycles. The average molecular weight is 178 g/mol. The van der Waals surface area contributed by atoms with E-state index in [0.717, 1.165) is 6.42 Å². The molecule has 0 nitrogen and oxygen atoms in total. The van der Waals surface area contributed by atoms with Crippen LogP contribution < -0.4 is 0 Å². The van der Waals surface area contributed by atoms with E-state index in [1.54, 1.807) is 0 Å². The Balaban J connectivity index is 3.88. The molecule has 0 aliphatic rings. The quantitative estimate of drug-likeness (QED) is 0.519. The van der Waals surface area contributed by atoms with Gasteiger partial charge in [0.15, 0.2) is 0 Å². The summed E-state index contributed by atoms with van der Waals surface area (Å²) in [6.07, 6.45) is 11.3. The second-order valence-electron chi connectivity index (χ2n) is 3.48. The Kier molecular flexibility index (Phi) is 7.38. The summed E-state index contributed by atoms with van der Waals surface area (Å²) in [6.45, 7) is 10.5. The van der Waals surface area contributed by atoms with E-state index < -0.39 is 0 Å². The van der Waals surface area contributed by atoms with Gasteiger partial charge in [0, 0.05) is 0 Å².